The molecule has 2 aromatic heterocycles. The Hall–Kier alpha value is -1.89. The third kappa shape index (κ3) is 2.19. The van der Waals surface area contributed by atoms with E-state index in [4.69, 9.17) is 11.1 Å². The predicted molar refractivity (Wildman–Crippen MR) is 60.4 cm³/mol. The second-order valence-corrected chi connectivity index (χ2v) is 4.14. The number of aromatic nitrogens is 4. The molecule has 16 heavy (non-hydrogen) atoms. The van der Waals surface area contributed by atoms with Crippen LogP contribution < -0.4 is 5.73 Å². The van der Waals surface area contributed by atoms with Crippen LogP contribution in [0.2, 0.25) is 0 Å². The molecule has 0 aromatic carbocycles. The Balaban J connectivity index is 2.31. The molecule has 6 nitrogen and oxygen atoms in total. The molecule has 2 rings (SSSR count). The van der Waals surface area contributed by atoms with Crippen LogP contribution in [-0.2, 0) is 7.05 Å². The Morgan fingerprint density at radius 1 is 1.44 bits per heavy atom. The van der Waals surface area contributed by atoms with Crippen LogP contribution in [-0.4, -0.2) is 25.6 Å². The standard InChI is InChI=1S/C9H10N6S/c1-15-5-6(4-14-15)16-9-7(8(10)11)12-2-3-13-9/h2-5H,1H3,(H3,10,11). The highest BCUT2D eigenvalue weighted by Crippen LogP contribution is 2.26. The van der Waals surface area contributed by atoms with Gasteiger partial charge in [0.2, 0.25) is 0 Å². The first-order valence-corrected chi connectivity index (χ1v) is 5.30. The van der Waals surface area contributed by atoms with Gasteiger partial charge in [0.15, 0.2) is 0 Å². The molecule has 3 N–H and O–H groups in total. The zero-order chi connectivity index (χ0) is 11.5. The SMILES string of the molecule is Cn1cc(Sc2nccnc2C(=N)N)cn1. The minimum absolute atomic E-state index is 0.0838. The van der Waals surface area contributed by atoms with E-state index >= 15 is 0 Å². The number of rotatable bonds is 3. The average Bonchev–Trinajstić information content (AvgIpc) is 2.64. The van der Waals surface area contributed by atoms with E-state index in [1.165, 1.54) is 18.0 Å². The molecule has 0 atom stereocenters. The lowest BCUT2D eigenvalue weighted by atomic mass is 10.4. The maximum absolute atomic E-state index is 7.39. The number of nitrogens with zero attached hydrogens (tertiary/aromatic N) is 4. The van der Waals surface area contributed by atoms with Crippen molar-refractivity contribution < 1.29 is 0 Å². The molecule has 0 fully saturated rings. The minimum Gasteiger partial charge on any atom is -0.382 e. The normalized spacial score (nSPS) is 10.3. The summed E-state index contributed by atoms with van der Waals surface area (Å²) in [4.78, 5) is 9.10. The number of nitrogens with two attached hydrogens (primary N) is 1. The topological polar surface area (TPSA) is 93.5 Å². The van der Waals surface area contributed by atoms with E-state index in [0.29, 0.717) is 10.7 Å². The molecule has 0 unspecified atom stereocenters. The van der Waals surface area contributed by atoms with Gasteiger partial charge in [-0.3, -0.25) is 10.1 Å². The molecule has 82 valence electrons. The zero-order valence-corrected chi connectivity index (χ0v) is 9.40. The summed E-state index contributed by atoms with van der Waals surface area (Å²) in [7, 11) is 1.84. The molecule has 2 aromatic rings. The van der Waals surface area contributed by atoms with Crippen LogP contribution in [0.4, 0.5) is 0 Å². The third-order valence-corrected chi connectivity index (χ3v) is 2.75. The highest BCUT2D eigenvalue weighted by Gasteiger charge is 2.10. The van der Waals surface area contributed by atoms with Gasteiger partial charge in [0, 0.05) is 25.6 Å². The van der Waals surface area contributed by atoms with Crippen LogP contribution in [0.3, 0.4) is 0 Å². The zero-order valence-electron chi connectivity index (χ0n) is 8.58. The largest absolute Gasteiger partial charge is 0.382 e. The van der Waals surface area contributed by atoms with Crippen LogP contribution in [0, 0.1) is 5.41 Å². The van der Waals surface area contributed by atoms with Crippen molar-refractivity contribution in [3.8, 4) is 0 Å². The first kappa shape index (κ1) is 10.6. The van der Waals surface area contributed by atoms with Gasteiger partial charge in [0.05, 0.1) is 11.1 Å². The first-order valence-electron chi connectivity index (χ1n) is 4.48. The van der Waals surface area contributed by atoms with E-state index in [0.717, 1.165) is 4.90 Å². The summed E-state index contributed by atoms with van der Waals surface area (Å²) in [6.45, 7) is 0. The fourth-order valence-electron chi connectivity index (χ4n) is 1.15. The number of nitrogens with one attached hydrogen (secondary N) is 1. The lowest BCUT2D eigenvalue weighted by molar-refractivity contribution is 0.766. The summed E-state index contributed by atoms with van der Waals surface area (Å²) >= 11 is 1.39. The van der Waals surface area contributed by atoms with Gasteiger partial charge in [0.25, 0.3) is 0 Å². The van der Waals surface area contributed by atoms with Crippen LogP contribution in [0.5, 0.6) is 0 Å². The number of nitrogen functional groups attached to an aromatic ring is 1. The van der Waals surface area contributed by atoms with E-state index in [-0.39, 0.29) is 5.84 Å². The second kappa shape index (κ2) is 4.31. The Labute approximate surface area is 96.4 Å². The Bertz CT molecular complexity index is 520. The molecular formula is C9H10N6S. The number of hydrogen-bond acceptors (Lipinski definition) is 5. The molecule has 0 spiro atoms. The van der Waals surface area contributed by atoms with Crippen LogP contribution in [0.15, 0.2) is 34.7 Å². The summed E-state index contributed by atoms with van der Waals surface area (Å²) in [5.41, 5.74) is 5.82. The molecule has 0 aliphatic rings. The van der Waals surface area contributed by atoms with Gasteiger partial charge in [0.1, 0.15) is 16.6 Å². The van der Waals surface area contributed by atoms with Gasteiger partial charge in [-0.05, 0) is 0 Å². The van der Waals surface area contributed by atoms with Crippen molar-refractivity contribution in [2.75, 3.05) is 0 Å². The summed E-state index contributed by atoms with van der Waals surface area (Å²) < 4.78 is 1.70. The monoisotopic (exact) mass is 234 g/mol. The molecule has 0 saturated heterocycles. The van der Waals surface area contributed by atoms with Crippen LogP contribution >= 0.6 is 11.8 Å². The lowest BCUT2D eigenvalue weighted by Crippen LogP contribution is -2.14. The van der Waals surface area contributed by atoms with Crippen LogP contribution in [0.1, 0.15) is 5.69 Å². The Kier molecular flexibility index (Phi) is 2.86. The maximum Gasteiger partial charge on any atom is 0.144 e. The van der Waals surface area contributed by atoms with Crippen molar-refractivity contribution in [3.05, 3.63) is 30.5 Å². The minimum atomic E-state index is -0.0838. The van der Waals surface area contributed by atoms with Crippen molar-refractivity contribution in [2.24, 2.45) is 12.8 Å². The molecule has 2 heterocycles. The summed E-state index contributed by atoms with van der Waals surface area (Å²) in [5, 5.41) is 12.1. The smallest absolute Gasteiger partial charge is 0.144 e. The van der Waals surface area contributed by atoms with Gasteiger partial charge in [-0.25, -0.2) is 9.97 Å². The third-order valence-electron chi connectivity index (χ3n) is 1.82. The van der Waals surface area contributed by atoms with Gasteiger partial charge >= 0.3 is 0 Å². The molecule has 0 radical (unpaired) electrons. The van der Waals surface area contributed by atoms with E-state index in [1.807, 2.05) is 13.2 Å². The predicted octanol–water partition coefficient (Wildman–Crippen LogP) is 0.645. The Morgan fingerprint density at radius 2 is 2.19 bits per heavy atom. The van der Waals surface area contributed by atoms with Crippen LogP contribution in [0.25, 0.3) is 0 Å². The Morgan fingerprint density at radius 3 is 2.81 bits per heavy atom. The molecule has 7 heteroatoms. The number of amidine groups is 1. The van der Waals surface area contributed by atoms with Crippen molar-refractivity contribution in [3.63, 3.8) is 0 Å². The average molecular weight is 234 g/mol. The van der Waals surface area contributed by atoms with Crippen molar-refractivity contribution in [2.45, 2.75) is 9.92 Å². The van der Waals surface area contributed by atoms with E-state index in [2.05, 4.69) is 15.1 Å². The summed E-state index contributed by atoms with van der Waals surface area (Å²) in [6.07, 6.45) is 6.68. The van der Waals surface area contributed by atoms with Crippen molar-refractivity contribution in [1.82, 2.24) is 19.7 Å². The van der Waals surface area contributed by atoms with Crippen molar-refractivity contribution >= 4 is 17.6 Å². The van der Waals surface area contributed by atoms with E-state index in [1.54, 1.807) is 17.1 Å². The number of hydrogen-bond donors (Lipinski definition) is 2. The fourth-order valence-corrected chi connectivity index (χ4v) is 2.05. The lowest BCUT2D eigenvalue weighted by Gasteiger charge is -2.02. The summed E-state index contributed by atoms with van der Waals surface area (Å²) in [6, 6.07) is 0. The van der Waals surface area contributed by atoms with Gasteiger partial charge < -0.3 is 5.73 Å². The first-order chi connectivity index (χ1) is 7.66. The fraction of sp³-hybridized carbons (Fsp3) is 0.111. The quantitative estimate of drug-likeness (QED) is 0.600. The van der Waals surface area contributed by atoms with Gasteiger partial charge in [-0.1, -0.05) is 11.8 Å². The van der Waals surface area contributed by atoms with Gasteiger partial charge in [-0.15, -0.1) is 0 Å². The molecule has 0 aliphatic heterocycles. The molecule has 0 aliphatic carbocycles. The molecular weight excluding hydrogens is 224 g/mol. The maximum atomic E-state index is 7.39. The second-order valence-electron chi connectivity index (χ2n) is 3.08. The molecule has 0 amide bonds. The summed E-state index contributed by atoms with van der Waals surface area (Å²) in [5.74, 6) is -0.0838. The molecule has 0 saturated carbocycles. The van der Waals surface area contributed by atoms with E-state index in [9.17, 15) is 0 Å². The highest BCUT2D eigenvalue weighted by atomic mass is 32.2. The highest BCUT2D eigenvalue weighted by molar-refractivity contribution is 7.99. The molecule has 0 bridgehead atoms. The van der Waals surface area contributed by atoms with E-state index < -0.39 is 0 Å². The van der Waals surface area contributed by atoms with Crippen molar-refractivity contribution in [1.29, 1.82) is 5.41 Å². The number of aryl methyl sites for hydroxylation is 1. The van der Waals surface area contributed by atoms with Gasteiger partial charge in [-0.2, -0.15) is 5.10 Å².